The smallest absolute Gasteiger partial charge is 0.335 e. The molecule has 0 aliphatic carbocycles. The summed E-state index contributed by atoms with van der Waals surface area (Å²) in [6.45, 7) is 3.79. The SMILES string of the molecule is COC(C)CSc1ccc(C)c(C(=O)O)c1. The lowest BCUT2D eigenvalue weighted by Crippen LogP contribution is -2.07. The molecule has 0 aliphatic rings. The predicted octanol–water partition coefficient (Wildman–Crippen LogP) is 2.82. The maximum Gasteiger partial charge on any atom is 0.335 e. The summed E-state index contributed by atoms with van der Waals surface area (Å²) in [5.41, 5.74) is 1.16. The molecule has 1 aromatic carbocycles. The van der Waals surface area contributed by atoms with Crippen LogP contribution in [-0.4, -0.2) is 30.0 Å². The number of carbonyl (C=O) groups is 1. The molecule has 0 saturated heterocycles. The van der Waals surface area contributed by atoms with E-state index in [1.165, 1.54) is 0 Å². The Kier molecular flexibility index (Phi) is 4.83. The number of carboxylic acids is 1. The van der Waals surface area contributed by atoms with Gasteiger partial charge in [0.05, 0.1) is 11.7 Å². The van der Waals surface area contributed by atoms with Crippen molar-refractivity contribution in [1.29, 1.82) is 0 Å². The highest BCUT2D eigenvalue weighted by atomic mass is 32.2. The summed E-state index contributed by atoms with van der Waals surface area (Å²) in [6, 6.07) is 5.49. The third-order valence-corrected chi connectivity index (χ3v) is 3.55. The van der Waals surface area contributed by atoms with Gasteiger partial charge in [0.1, 0.15) is 0 Å². The summed E-state index contributed by atoms with van der Waals surface area (Å²) < 4.78 is 5.14. The van der Waals surface area contributed by atoms with E-state index in [9.17, 15) is 4.79 Å². The number of hydrogen-bond donors (Lipinski definition) is 1. The highest BCUT2D eigenvalue weighted by molar-refractivity contribution is 7.99. The maximum absolute atomic E-state index is 10.9. The number of ether oxygens (including phenoxy) is 1. The summed E-state index contributed by atoms with van der Waals surface area (Å²) in [4.78, 5) is 11.9. The summed E-state index contributed by atoms with van der Waals surface area (Å²) in [5, 5.41) is 8.98. The number of rotatable bonds is 5. The molecule has 0 bridgehead atoms. The lowest BCUT2D eigenvalue weighted by molar-refractivity contribution is 0.0696. The average molecular weight is 240 g/mol. The van der Waals surface area contributed by atoms with Crippen molar-refractivity contribution in [3.8, 4) is 0 Å². The molecule has 88 valence electrons. The quantitative estimate of drug-likeness (QED) is 0.804. The van der Waals surface area contributed by atoms with Crippen LogP contribution in [0.5, 0.6) is 0 Å². The fourth-order valence-electron chi connectivity index (χ4n) is 1.20. The van der Waals surface area contributed by atoms with Gasteiger partial charge in [-0.25, -0.2) is 4.79 Å². The number of methoxy groups -OCH3 is 1. The monoisotopic (exact) mass is 240 g/mol. The first-order valence-electron chi connectivity index (χ1n) is 5.04. The van der Waals surface area contributed by atoms with Crippen molar-refractivity contribution in [1.82, 2.24) is 0 Å². The first kappa shape index (κ1) is 13.1. The summed E-state index contributed by atoms with van der Waals surface area (Å²) in [7, 11) is 1.67. The number of aromatic carboxylic acids is 1. The second-order valence-electron chi connectivity index (χ2n) is 3.64. The van der Waals surface area contributed by atoms with Crippen molar-refractivity contribution in [3.05, 3.63) is 29.3 Å². The van der Waals surface area contributed by atoms with E-state index in [1.54, 1.807) is 31.9 Å². The van der Waals surface area contributed by atoms with E-state index >= 15 is 0 Å². The van der Waals surface area contributed by atoms with Crippen LogP contribution < -0.4 is 0 Å². The molecule has 0 spiro atoms. The fraction of sp³-hybridized carbons (Fsp3) is 0.417. The van der Waals surface area contributed by atoms with E-state index in [4.69, 9.17) is 9.84 Å². The minimum absolute atomic E-state index is 0.166. The zero-order chi connectivity index (χ0) is 12.1. The summed E-state index contributed by atoms with van der Waals surface area (Å²) in [6.07, 6.45) is 0.166. The lowest BCUT2D eigenvalue weighted by Gasteiger charge is -2.09. The number of benzene rings is 1. The molecule has 16 heavy (non-hydrogen) atoms. The van der Waals surface area contributed by atoms with Gasteiger partial charge in [0.2, 0.25) is 0 Å². The van der Waals surface area contributed by atoms with Gasteiger partial charge in [-0.2, -0.15) is 0 Å². The highest BCUT2D eigenvalue weighted by Gasteiger charge is 2.08. The van der Waals surface area contributed by atoms with Crippen LogP contribution in [0.25, 0.3) is 0 Å². The molecule has 0 heterocycles. The molecule has 1 atom stereocenters. The van der Waals surface area contributed by atoms with Gasteiger partial charge in [-0.15, -0.1) is 11.8 Å². The van der Waals surface area contributed by atoms with Crippen molar-refractivity contribution in [3.63, 3.8) is 0 Å². The number of carboxylic acid groups (broad SMARTS) is 1. The Balaban J connectivity index is 2.75. The van der Waals surface area contributed by atoms with Gasteiger partial charge in [-0.1, -0.05) is 6.07 Å². The van der Waals surface area contributed by atoms with Crippen LogP contribution in [0.1, 0.15) is 22.8 Å². The Labute approximate surface area is 99.8 Å². The second kappa shape index (κ2) is 5.92. The van der Waals surface area contributed by atoms with Gasteiger partial charge in [0.25, 0.3) is 0 Å². The van der Waals surface area contributed by atoms with Crippen LogP contribution in [0.2, 0.25) is 0 Å². The first-order chi connectivity index (χ1) is 7.54. The van der Waals surface area contributed by atoms with Gasteiger partial charge in [-0.05, 0) is 31.5 Å². The van der Waals surface area contributed by atoms with Crippen molar-refractivity contribution < 1.29 is 14.6 Å². The van der Waals surface area contributed by atoms with E-state index in [1.807, 2.05) is 19.1 Å². The zero-order valence-corrected chi connectivity index (χ0v) is 10.5. The number of aryl methyl sites for hydroxylation is 1. The zero-order valence-electron chi connectivity index (χ0n) is 9.69. The minimum Gasteiger partial charge on any atom is -0.478 e. The highest BCUT2D eigenvalue weighted by Crippen LogP contribution is 2.22. The predicted molar refractivity (Wildman–Crippen MR) is 65.3 cm³/mol. The molecule has 1 aromatic rings. The largest absolute Gasteiger partial charge is 0.478 e. The molecule has 0 amide bonds. The first-order valence-corrected chi connectivity index (χ1v) is 6.02. The fourth-order valence-corrected chi connectivity index (χ4v) is 2.13. The van der Waals surface area contributed by atoms with Crippen molar-refractivity contribution in [2.75, 3.05) is 12.9 Å². The summed E-state index contributed by atoms with van der Waals surface area (Å²) in [5.74, 6) is -0.0572. The van der Waals surface area contributed by atoms with Crippen LogP contribution in [-0.2, 0) is 4.74 Å². The van der Waals surface area contributed by atoms with Crippen molar-refractivity contribution >= 4 is 17.7 Å². The third kappa shape index (κ3) is 3.54. The Morgan fingerprint density at radius 3 is 2.81 bits per heavy atom. The van der Waals surface area contributed by atoms with Gasteiger partial charge in [0.15, 0.2) is 0 Å². The van der Waals surface area contributed by atoms with Gasteiger partial charge < -0.3 is 9.84 Å². The van der Waals surface area contributed by atoms with E-state index < -0.39 is 5.97 Å². The molecule has 0 saturated carbocycles. The van der Waals surface area contributed by atoms with Gasteiger partial charge in [0, 0.05) is 17.8 Å². The molecular weight excluding hydrogens is 224 g/mol. The van der Waals surface area contributed by atoms with E-state index in [-0.39, 0.29) is 6.10 Å². The Morgan fingerprint density at radius 1 is 1.56 bits per heavy atom. The molecular formula is C12H16O3S. The number of thioether (sulfide) groups is 1. The van der Waals surface area contributed by atoms with Crippen LogP contribution in [0.15, 0.2) is 23.1 Å². The molecule has 1 rings (SSSR count). The van der Waals surface area contributed by atoms with Crippen LogP contribution in [0, 0.1) is 6.92 Å². The van der Waals surface area contributed by atoms with E-state index in [0.29, 0.717) is 5.56 Å². The molecule has 1 unspecified atom stereocenters. The molecule has 0 aliphatic heterocycles. The van der Waals surface area contributed by atoms with Crippen LogP contribution in [0.4, 0.5) is 0 Å². The van der Waals surface area contributed by atoms with Crippen LogP contribution >= 0.6 is 11.8 Å². The molecule has 4 heteroatoms. The van der Waals surface area contributed by atoms with Crippen molar-refractivity contribution in [2.24, 2.45) is 0 Å². The lowest BCUT2D eigenvalue weighted by atomic mass is 10.1. The van der Waals surface area contributed by atoms with Crippen LogP contribution in [0.3, 0.4) is 0 Å². The van der Waals surface area contributed by atoms with Gasteiger partial charge >= 0.3 is 5.97 Å². The normalized spacial score (nSPS) is 12.4. The molecule has 0 fully saturated rings. The standard InChI is InChI=1S/C12H16O3S/c1-8-4-5-10(6-11(8)12(13)14)16-7-9(2)15-3/h4-6,9H,7H2,1-3H3,(H,13,14). The average Bonchev–Trinajstić information content (AvgIpc) is 2.27. The Morgan fingerprint density at radius 2 is 2.25 bits per heavy atom. The maximum atomic E-state index is 10.9. The molecule has 3 nitrogen and oxygen atoms in total. The molecule has 0 radical (unpaired) electrons. The Hall–Kier alpha value is -1.00. The topological polar surface area (TPSA) is 46.5 Å². The summed E-state index contributed by atoms with van der Waals surface area (Å²) >= 11 is 1.61. The van der Waals surface area contributed by atoms with Gasteiger partial charge in [-0.3, -0.25) is 0 Å². The third-order valence-electron chi connectivity index (χ3n) is 2.33. The minimum atomic E-state index is -0.875. The van der Waals surface area contributed by atoms with E-state index in [2.05, 4.69) is 0 Å². The number of hydrogen-bond acceptors (Lipinski definition) is 3. The molecule has 1 N–H and O–H groups in total. The molecule has 0 aromatic heterocycles. The Bertz CT molecular complexity index is 377. The second-order valence-corrected chi connectivity index (χ2v) is 4.73. The van der Waals surface area contributed by atoms with E-state index in [0.717, 1.165) is 16.2 Å². The van der Waals surface area contributed by atoms with Crippen molar-refractivity contribution in [2.45, 2.75) is 24.8 Å².